The summed E-state index contributed by atoms with van der Waals surface area (Å²) in [5.74, 6) is -0.191. The van der Waals surface area contributed by atoms with Crippen molar-refractivity contribution >= 4 is 5.57 Å². The molecule has 76 valence electrons. The molecule has 0 aromatic heterocycles. The van der Waals surface area contributed by atoms with Gasteiger partial charge in [0.2, 0.25) is 0 Å². The van der Waals surface area contributed by atoms with E-state index in [2.05, 4.69) is 31.2 Å². The van der Waals surface area contributed by atoms with Gasteiger partial charge in [-0.3, -0.25) is 0 Å². The summed E-state index contributed by atoms with van der Waals surface area (Å²) < 4.78 is 12.7. The largest absolute Gasteiger partial charge is 0.207 e. The quantitative estimate of drug-likeness (QED) is 0.639. The molecular weight excluding hydrogens is 187 g/mol. The molecule has 0 heterocycles. The summed E-state index contributed by atoms with van der Waals surface area (Å²) in [5, 5.41) is 0. The van der Waals surface area contributed by atoms with Crippen molar-refractivity contribution in [2.45, 2.75) is 13.3 Å². The van der Waals surface area contributed by atoms with Crippen LogP contribution in [0.5, 0.6) is 0 Å². The van der Waals surface area contributed by atoms with Crippen LogP contribution in [0.25, 0.3) is 5.57 Å². The molecule has 15 heavy (non-hydrogen) atoms. The van der Waals surface area contributed by atoms with Gasteiger partial charge >= 0.3 is 0 Å². The first-order chi connectivity index (χ1) is 7.25. The highest BCUT2D eigenvalue weighted by Gasteiger charge is 1.99. The fourth-order valence-electron chi connectivity index (χ4n) is 1.56. The molecular formula is C14H13F. The lowest BCUT2D eigenvalue weighted by Crippen LogP contribution is -1.80. The molecule has 1 heteroatoms. The second-order valence-electron chi connectivity index (χ2n) is 3.75. The average molecular weight is 200 g/mol. The van der Waals surface area contributed by atoms with E-state index in [9.17, 15) is 4.39 Å². The predicted molar refractivity (Wildman–Crippen MR) is 61.9 cm³/mol. The zero-order valence-corrected chi connectivity index (χ0v) is 8.70. The number of hydrogen-bond donors (Lipinski definition) is 0. The van der Waals surface area contributed by atoms with Crippen molar-refractivity contribution in [2.75, 3.05) is 0 Å². The summed E-state index contributed by atoms with van der Waals surface area (Å²) in [7, 11) is 0. The van der Waals surface area contributed by atoms with Gasteiger partial charge in [0.15, 0.2) is 0 Å². The first-order valence-corrected chi connectivity index (χ1v) is 5.05. The van der Waals surface area contributed by atoms with E-state index in [0.29, 0.717) is 0 Å². The van der Waals surface area contributed by atoms with Crippen LogP contribution >= 0.6 is 0 Å². The second-order valence-corrected chi connectivity index (χ2v) is 3.75. The Kier molecular flexibility index (Phi) is 2.82. The van der Waals surface area contributed by atoms with E-state index >= 15 is 0 Å². The monoisotopic (exact) mass is 200 g/mol. The summed E-state index contributed by atoms with van der Waals surface area (Å²) in [6.07, 6.45) is 9.39. The summed E-state index contributed by atoms with van der Waals surface area (Å²) in [5.41, 5.74) is 3.52. The van der Waals surface area contributed by atoms with Gasteiger partial charge in [-0.2, -0.15) is 0 Å². The van der Waals surface area contributed by atoms with Crippen molar-refractivity contribution in [2.24, 2.45) is 0 Å². The first-order valence-electron chi connectivity index (χ1n) is 5.05. The van der Waals surface area contributed by atoms with Crippen LogP contribution in [-0.4, -0.2) is 0 Å². The summed E-state index contributed by atoms with van der Waals surface area (Å²) in [4.78, 5) is 0. The molecule has 0 radical (unpaired) electrons. The van der Waals surface area contributed by atoms with Gasteiger partial charge in [-0.05, 0) is 36.6 Å². The summed E-state index contributed by atoms with van der Waals surface area (Å²) >= 11 is 0. The zero-order chi connectivity index (χ0) is 10.7. The standard InChI is InChI=1S/C14H13F/c1-11-3-2-4-12(6-5-11)13-7-9-14(15)10-8-13/h2,4-10H,3H2,1H3. The normalized spacial score (nSPS) is 15.6. The summed E-state index contributed by atoms with van der Waals surface area (Å²) in [6, 6.07) is 6.59. The maximum atomic E-state index is 12.7. The Morgan fingerprint density at radius 3 is 2.53 bits per heavy atom. The molecule has 1 aliphatic carbocycles. The van der Waals surface area contributed by atoms with E-state index < -0.39 is 0 Å². The van der Waals surface area contributed by atoms with Gasteiger partial charge in [0.25, 0.3) is 0 Å². The van der Waals surface area contributed by atoms with Crippen molar-refractivity contribution in [1.82, 2.24) is 0 Å². The molecule has 1 aromatic rings. The molecule has 0 fully saturated rings. The third-order valence-corrected chi connectivity index (χ3v) is 2.46. The van der Waals surface area contributed by atoms with E-state index in [1.165, 1.54) is 17.7 Å². The number of halogens is 1. The fraction of sp³-hybridized carbons (Fsp3) is 0.143. The van der Waals surface area contributed by atoms with E-state index in [1.807, 2.05) is 0 Å². The fourth-order valence-corrected chi connectivity index (χ4v) is 1.56. The molecule has 0 bridgehead atoms. The van der Waals surface area contributed by atoms with Gasteiger partial charge in [-0.1, -0.05) is 42.0 Å². The van der Waals surface area contributed by atoms with Crippen LogP contribution in [0.15, 0.2) is 54.1 Å². The highest BCUT2D eigenvalue weighted by molar-refractivity contribution is 5.75. The second kappa shape index (κ2) is 4.26. The van der Waals surface area contributed by atoms with Crippen LogP contribution in [0.4, 0.5) is 4.39 Å². The third-order valence-electron chi connectivity index (χ3n) is 2.46. The Morgan fingerprint density at radius 2 is 1.80 bits per heavy atom. The van der Waals surface area contributed by atoms with Crippen molar-refractivity contribution < 1.29 is 4.39 Å². The number of hydrogen-bond acceptors (Lipinski definition) is 0. The molecule has 0 aliphatic heterocycles. The third kappa shape index (κ3) is 2.44. The van der Waals surface area contributed by atoms with Crippen molar-refractivity contribution in [3.05, 3.63) is 65.5 Å². The minimum atomic E-state index is -0.191. The van der Waals surface area contributed by atoms with Gasteiger partial charge in [-0.15, -0.1) is 0 Å². The van der Waals surface area contributed by atoms with E-state index in [1.54, 1.807) is 12.1 Å². The molecule has 0 amide bonds. The van der Waals surface area contributed by atoms with E-state index in [4.69, 9.17) is 0 Å². The van der Waals surface area contributed by atoms with E-state index in [0.717, 1.165) is 17.6 Å². The number of rotatable bonds is 1. The van der Waals surface area contributed by atoms with Crippen molar-refractivity contribution in [1.29, 1.82) is 0 Å². The number of benzene rings is 1. The molecule has 1 aliphatic rings. The van der Waals surface area contributed by atoms with E-state index in [-0.39, 0.29) is 5.82 Å². The average Bonchev–Trinajstić information content (AvgIpc) is 2.44. The minimum Gasteiger partial charge on any atom is -0.207 e. The predicted octanol–water partition coefficient (Wildman–Crippen LogP) is 4.12. The van der Waals surface area contributed by atoms with Crippen LogP contribution < -0.4 is 0 Å². The highest BCUT2D eigenvalue weighted by atomic mass is 19.1. The SMILES string of the molecule is CC1=CC=C(c2ccc(F)cc2)C=CC1. The first kappa shape index (κ1) is 9.91. The Bertz CT molecular complexity index is 433. The van der Waals surface area contributed by atoms with Crippen molar-refractivity contribution in [3.63, 3.8) is 0 Å². The highest BCUT2D eigenvalue weighted by Crippen LogP contribution is 2.20. The van der Waals surface area contributed by atoms with Gasteiger partial charge in [0.05, 0.1) is 0 Å². The molecule has 0 spiro atoms. The molecule has 0 atom stereocenters. The maximum Gasteiger partial charge on any atom is 0.123 e. The molecule has 0 saturated heterocycles. The van der Waals surface area contributed by atoms with Crippen LogP contribution in [0.1, 0.15) is 18.9 Å². The summed E-state index contributed by atoms with van der Waals surface area (Å²) in [6.45, 7) is 2.11. The van der Waals surface area contributed by atoms with Crippen molar-refractivity contribution in [3.8, 4) is 0 Å². The molecule has 0 saturated carbocycles. The molecule has 0 N–H and O–H groups in total. The van der Waals surface area contributed by atoms with Gasteiger partial charge in [0, 0.05) is 0 Å². The molecule has 2 rings (SSSR count). The lowest BCUT2D eigenvalue weighted by molar-refractivity contribution is 0.627. The van der Waals surface area contributed by atoms with Gasteiger partial charge in [0.1, 0.15) is 5.82 Å². The Hall–Kier alpha value is -1.63. The number of allylic oxidation sites excluding steroid dienone is 6. The van der Waals surface area contributed by atoms with Crippen LogP contribution in [-0.2, 0) is 0 Å². The minimum absolute atomic E-state index is 0.191. The molecule has 1 aromatic carbocycles. The Balaban J connectivity index is 2.35. The lowest BCUT2D eigenvalue weighted by atomic mass is 10.1. The van der Waals surface area contributed by atoms with Gasteiger partial charge in [-0.25, -0.2) is 4.39 Å². The topological polar surface area (TPSA) is 0 Å². The zero-order valence-electron chi connectivity index (χ0n) is 8.70. The Morgan fingerprint density at radius 1 is 1.07 bits per heavy atom. The van der Waals surface area contributed by atoms with Crippen LogP contribution in [0.3, 0.4) is 0 Å². The smallest absolute Gasteiger partial charge is 0.123 e. The molecule has 0 nitrogen and oxygen atoms in total. The van der Waals surface area contributed by atoms with Crippen LogP contribution in [0.2, 0.25) is 0 Å². The van der Waals surface area contributed by atoms with Gasteiger partial charge < -0.3 is 0 Å². The maximum absolute atomic E-state index is 12.7. The lowest BCUT2D eigenvalue weighted by Gasteiger charge is -2.00. The Labute approximate surface area is 89.4 Å². The van der Waals surface area contributed by atoms with Crippen LogP contribution in [0, 0.1) is 5.82 Å². The molecule has 0 unspecified atom stereocenters.